The van der Waals surface area contributed by atoms with Gasteiger partial charge in [0.25, 0.3) is 5.91 Å². The maximum atomic E-state index is 12.9. The minimum atomic E-state index is -0.361. The molecule has 164 valence electrons. The highest BCUT2D eigenvalue weighted by Gasteiger charge is 2.13. The monoisotopic (exact) mass is 438 g/mol. The number of fused-ring (bicyclic) bond motifs is 1. The maximum Gasteiger partial charge on any atom is 0.261 e. The standard InChI is InChI=1S/C22H19FN4O5/c23-16-3-5-17(6-4-16)32-21-8-2-15(11-26-21)22(24)27-31-12-20(28)25-10-14-1-7-18-19(9-14)30-13-29-18/h1-9,11H,10,12-13H2,(H2,24,27)(H,25,28). The molecule has 1 aliphatic rings. The number of hydrogen-bond donors (Lipinski definition) is 2. The van der Waals surface area contributed by atoms with Crippen molar-refractivity contribution in [2.45, 2.75) is 6.54 Å². The lowest BCUT2D eigenvalue weighted by molar-refractivity contribution is -0.125. The van der Waals surface area contributed by atoms with Crippen molar-refractivity contribution in [3.63, 3.8) is 0 Å². The minimum Gasteiger partial charge on any atom is -0.454 e. The summed E-state index contributed by atoms with van der Waals surface area (Å²) in [5.74, 6) is 1.41. The Hall–Kier alpha value is -4.34. The third-order valence-electron chi connectivity index (χ3n) is 4.35. The number of carbonyl (C=O) groups excluding carboxylic acids is 1. The molecule has 2 heterocycles. The number of amides is 1. The molecule has 10 heteroatoms. The summed E-state index contributed by atoms with van der Waals surface area (Å²) in [6, 6.07) is 14.2. The fraction of sp³-hybridized carbons (Fsp3) is 0.136. The molecule has 0 radical (unpaired) electrons. The Labute approximate surface area is 182 Å². The van der Waals surface area contributed by atoms with Gasteiger partial charge < -0.3 is 30.1 Å². The van der Waals surface area contributed by atoms with E-state index in [1.807, 2.05) is 6.07 Å². The van der Waals surface area contributed by atoms with Gasteiger partial charge in [-0.1, -0.05) is 11.2 Å². The molecule has 0 spiro atoms. The van der Waals surface area contributed by atoms with Crippen molar-refractivity contribution in [3.8, 4) is 23.1 Å². The number of aromatic nitrogens is 1. The number of oxime groups is 1. The second-order valence-electron chi connectivity index (χ2n) is 6.66. The normalized spacial score (nSPS) is 12.3. The molecule has 0 fully saturated rings. The van der Waals surface area contributed by atoms with E-state index < -0.39 is 0 Å². The summed E-state index contributed by atoms with van der Waals surface area (Å²) in [4.78, 5) is 21.1. The fourth-order valence-corrected chi connectivity index (χ4v) is 2.73. The molecule has 0 atom stereocenters. The topological polar surface area (TPSA) is 117 Å². The number of ether oxygens (including phenoxy) is 3. The van der Waals surface area contributed by atoms with Gasteiger partial charge in [0.2, 0.25) is 12.7 Å². The lowest BCUT2D eigenvalue weighted by Gasteiger charge is -2.07. The summed E-state index contributed by atoms with van der Waals surface area (Å²) < 4.78 is 29.0. The van der Waals surface area contributed by atoms with Gasteiger partial charge >= 0.3 is 0 Å². The molecule has 2 aromatic carbocycles. The van der Waals surface area contributed by atoms with Gasteiger partial charge in [-0.05, 0) is 48.0 Å². The molecule has 32 heavy (non-hydrogen) atoms. The lowest BCUT2D eigenvalue weighted by Crippen LogP contribution is -2.27. The number of halogens is 1. The van der Waals surface area contributed by atoms with Gasteiger partial charge in [-0.15, -0.1) is 0 Å². The zero-order valence-electron chi connectivity index (χ0n) is 16.8. The van der Waals surface area contributed by atoms with E-state index in [9.17, 15) is 9.18 Å². The van der Waals surface area contributed by atoms with E-state index in [0.717, 1.165) is 5.56 Å². The first kappa shape index (κ1) is 20.9. The predicted octanol–water partition coefficient (Wildman–Crippen LogP) is 2.70. The number of amidine groups is 1. The van der Waals surface area contributed by atoms with Gasteiger partial charge in [-0.3, -0.25) is 4.79 Å². The molecule has 0 saturated heterocycles. The van der Waals surface area contributed by atoms with Gasteiger partial charge in [-0.2, -0.15) is 0 Å². The van der Waals surface area contributed by atoms with Crippen LogP contribution in [0.25, 0.3) is 0 Å². The maximum absolute atomic E-state index is 12.9. The first-order valence-corrected chi connectivity index (χ1v) is 9.57. The molecule has 9 nitrogen and oxygen atoms in total. The Morgan fingerprint density at radius 2 is 1.94 bits per heavy atom. The number of hydrogen-bond acceptors (Lipinski definition) is 7. The summed E-state index contributed by atoms with van der Waals surface area (Å²) in [5.41, 5.74) is 7.21. The van der Waals surface area contributed by atoms with Crippen LogP contribution in [0, 0.1) is 5.82 Å². The molecule has 1 amide bonds. The average Bonchev–Trinajstić information content (AvgIpc) is 3.27. The van der Waals surface area contributed by atoms with Crippen LogP contribution in [-0.4, -0.2) is 30.1 Å². The second-order valence-corrected chi connectivity index (χ2v) is 6.66. The van der Waals surface area contributed by atoms with Gasteiger partial charge in [0, 0.05) is 24.4 Å². The van der Waals surface area contributed by atoms with Crippen molar-refractivity contribution in [1.82, 2.24) is 10.3 Å². The highest BCUT2D eigenvalue weighted by atomic mass is 19.1. The molecule has 1 aliphatic heterocycles. The van der Waals surface area contributed by atoms with Crippen LogP contribution in [0.1, 0.15) is 11.1 Å². The van der Waals surface area contributed by atoms with E-state index in [1.54, 1.807) is 24.3 Å². The smallest absolute Gasteiger partial charge is 0.261 e. The van der Waals surface area contributed by atoms with Gasteiger partial charge in [0.05, 0.1) is 0 Å². The van der Waals surface area contributed by atoms with E-state index in [1.165, 1.54) is 30.5 Å². The van der Waals surface area contributed by atoms with Crippen molar-refractivity contribution in [2.75, 3.05) is 13.4 Å². The molecule has 0 bridgehead atoms. The lowest BCUT2D eigenvalue weighted by atomic mass is 10.2. The molecule has 0 aliphatic carbocycles. The minimum absolute atomic E-state index is 0.0504. The Bertz CT molecular complexity index is 1120. The molecule has 0 unspecified atom stereocenters. The largest absolute Gasteiger partial charge is 0.454 e. The van der Waals surface area contributed by atoms with Crippen molar-refractivity contribution < 1.29 is 28.2 Å². The van der Waals surface area contributed by atoms with Gasteiger partial charge in [-0.25, -0.2) is 9.37 Å². The number of nitrogens with one attached hydrogen (secondary N) is 1. The number of nitrogens with zero attached hydrogens (tertiary/aromatic N) is 2. The molecule has 4 rings (SSSR count). The SMILES string of the molecule is N/C(=N/OCC(=O)NCc1ccc2c(c1)OCO2)c1ccc(Oc2ccc(F)cc2)nc1. The number of carbonyl (C=O) groups is 1. The van der Waals surface area contributed by atoms with Gasteiger partial charge in [0.1, 0.15) is 11.6 Å². The Balaban J connectivity index is 1.23. The Morgan fingerprint density at radius 3 is 2.72 bits per heavy atom. The van der Waals surface area contributed by atoms with E-state index >= 15 is 0 Å². The highest BCUT2D eigenvalue weighted by Crippen LogP contribution is 2.32. The van der Waals surface area contributed by atoms with Crippen LogP contribution in [0.3, 0.4) is 0 Å². The summed E-state index contributed by atoms with van der Waals surface area (Å²) in [6.07, 6.45) is 1.45. The van der Waals surface area contributed by atoms with Crippen LogP contribution in [-0.2, 0) is 16.2 Å². The summed E-state index contributed by atoms with van der Waals surface area (Å²) >= 11 is 0. The number of benzene rings is 2. The van der Waals surface area contributed by atoms with Crippen LogP contribution in [0.5, 0.6) is 23.1 Å². The first-order valence-electron chi connectivity index (χ1n) is 9.57. The number of nitrogens with two attached hydrogens (primary N) is 1. The third-order valence-corrected chi connectivity index (χ3v) is 4.35. The molecular formula is C22H19FN4O5. The van der Waals surface area contributed by atoms with Crippen molar-refractivity contribution in [2.24, 2.45) is 10.9 Å². The highest BCUT2D eigenvalue weighted by molar-refractivity contribution is 5.96. The zero-order valence-corrected chi connectivity index (χ0v) is 16.8. The third kappa shape index (κ3) is 5.42. The number of pyridine rings is 1. The first-order chi connectivity index (χ1) is 15.6. The van der Waals surface area contributed by atoms with Crippen LogP contribution in [0.15, 0.2) is 65.9 Å². The Kier molecular flexibility index (Phi) is 6.30. The average molecular weight is 438 g/mol. The molecule has 1 aromatic heterocycles. The zero-order chi connectivity index (χ0) is 22.3. The van der Waals surface area contributed by atoms with Crippen molar-refractivity contribution in [3.05, 3.63) is 77.7 Å². The predicted molar refractivity (Wildman–Crippen MR) is 112 cm³/mol. The van der Waals surface area contributed by atoms with E-state index in [2.05, 4.69) is 15.5 Å². The summed E-state index contributed by atoms with van der Waals surface area (Å²) in [7, 11) is 0. The summed E-state index contributed by atoms with van der Waals surface area (Å²) in [5, 5.41) is 6.45. The van der Waals surface area contributed by atoms with E-state index in [0.29, 0.717) is 35.2 Å². The van der Waals surface area contributed by atoms with E-state index in [4.69, 9.17) is 24.8 Å². The van der Waals surface area contributed by atoms with Gasteiger partial charge in [0.15, 0.2) is 23.9 Å². The van der Waals surface area contributed by atoms with Crippen molar-refractivity contribution >= 4 is 11.7 Å². The van der Waals surface area contributed by atoms with Crippen LogP contribution in [0.4, 0.5) is 4.39 Å². The van der Waals surface area contributed by atoms with E-state index in [-0.39, 0.29) is 31.0 Å². The van der Waals surface area contributed by atoms with Crippen molar-refractivity contribution in [1.29, 1.82) is 0 Å². The van der Waals surface area contributed by atoms with Crippen LogP contribution in [0.2, 0.25) is 0 Å². The second kappa shape index (κ2) is 9.65. The fourth-order valence-electron chi connectivity index (χ4n) is 2.73. The van der Waals surface area contributed by atoms with Crippen LogP contribution < -0.4 is 25.3 Å². The molecular weight excluding hydrogens is 419 g/mol. The molecule has 3 aromatic rings. The molecule has 0 saturated carbocycles. The number of rotatable bonds is 8. The summed E-state index contributed by atoms with van der Waals surface area (Å²) in [6.45, 7) is 0.194. The Morgan fingerprint density at radius 1 is 1.12 bits per heavy atom. The molecule has 3 N–H and O–H groups in total. The van der Waals surface area contributed by atoms with Crippen LogP contribution >= 0.6 is 0 Å². The quantitative estimate of drug-likeness (QED) is 0.315.